The van der Waals surface area contributed by atoms with Crippen molar-refractivity contribution in [3.8, 4) is 5.88 Å². The van der Waals surface area contributed by atoms with Crippen LogP contribution in [0.5, 0.6) is 5.88 Å². The van der Waals surface area contributed by atoms with Crippen molar-refractivity contribution in [3.05, 3.63) is 23.9 Å². The van der Waals surface area contributed by atoms with Crippen molar-refractivity contribution in [2.45, 2.75) is 64.1 Å². The fourth-order valence-electron chi connectivity index (χ4n) is 4.40. The predicted octanol–water partition coefficient (Wildman–Crippen LogP) is 2.96. The van der Waals surface area contributed by atoms with Crippen molar-refractivity contribution in [1.82, 2.24) is 14.8 Å². The number of carbonyl (C=O) groups is 1. The molecule has 2 aliphatic heterocycles. The number of likely N-dealkylation sites (tertiary alicyclic amines) is 1. The van der Waals surface area contributed by atoms with Crippen molar-refractivity contribution in [2.75, 3.05) is 19.7 Å². The normalized spacial score (nSPS) is 26.8. The number of ether oxygens (including phenoxy) is 1. The van der Waals surface area contributed by atoms with E-state index < -0.39 is 0 Å². The lowest BCUT2D eigenvalue weighted by Gasteiger charge is -2.32. The number of nitrogens with zero attached hydrogens (tertiary/aromatic N) is 3. The van der Waals surface area contributed by atoms with Crippen molar-refractivity contribution < 1.29 is 9.53 Å². The zero-order valence-corrected chi connectivity index (χ0v) is 15.4. The fourth-order valence-corrected chi connectivity index (χ4v) is 4.40. The quantitative estimate of drug-likeness (QED) is 0.825. The van der Waals surface area contributed by atoms with Gasteiger partial charge in [0.25, 0.3) is 5.91 Å². The van der Waals surface area contributed by atoms with Crippen molar-refractivity contribution >= 4 is 5.91 Å². The summed E-state index contributed by atoms with van der Waals surface area (Å²) in [5.74, 6) is 1.45. The van der Waals surface area contributed by atoms with E-state index in [9.17, 15) is 4.79 Å². The third kappa shape index (κ3) is 3.66. The fraction of sp³-hybridized carbons (Fsp3) is 0.700. The number of aromatic nitrogens is 1. The molecule has 0 spiro atoms. The van der Waals surface area contributed by atoms with Gasteiger partial charge in [-0.2, -0.15) is 0 Å². The molecule has 1 aromatic heterocycles. The Hall–Kier alpha value is -1.62. The highest BCUT2D eigenvalue weighted by molar-refractivity contribution is 5.94. The van der Waals surface area contributed by atoms with Crippen molar-refractivity contribution in [3.63, 3.8) is 0 Å². The van der Waals surface area contributed by atoms with Crippen LogP contribution in [0.25, 0.3) is 0 Å². The van der Waals surface area contributed by atoms with Gasteiger partial charge in [0.05, 0.1) is 12.2 Å². The molecule has 5 heteroatoms. The van der Waals surface area contributed by atoms with E-state index in [1.807, 2.05) is 17.0 Å². The monoisotopic (exact) mass is 343 g/mol. The van der Waals surface area contributed by atoms with Gasteiger partial charge >= 0.3 is 0 Å². The predicted molar refractivity (Wildman–Crippen MR) is 96.8 cm³/mol. The Morgan fingerprint density at radius 3 is 2.68 bits per heavy atom. The maximum absolute atomic E-state index is 12.9. The Kier molecular flexibility index (Phi) is 4.67. The molecule has 1 aliphatic carbocycles. The summed E-state index contributed by atoms with van der Waals surface area (Å²) in [4.78, 5) is 21.9. The van der Waals surface area contributed by atoms with Gasteiger partial charge in [-0.25, -0.2) is 4.98 Å². The third-order valence-corrected chi connectivity index (χ3v) is 5.87. The molecule has 136 valence electrons. The average molecular weight is 343 g/mol. The van der Waals surface area contributed by atoms with Gasteiger partial charge in [-0.15, -0.1) is 0 Å². The number of hydrogen-bond acceptors (Lipinski definition) is 4. The first-order chi connectivity index (χ1) is 12.1. The molecule has 1 saturated carbocycles. The SMILES string of the molecule is CC(C)N1C2CCC1CN(C(=O)c1ccc(OCC3CC3)nc1)CC2. The number of pyridine rings is 1. The Balaban J connectivity index is 1.40. The maximum atomic E-state index is 12.9. The van der Waals surface area contributed by atoms with Gasteiger partial charge < -0.3 is 9.64 Å². The van der Waals surface area contributed by atoms with E-state index in [0.717, 1.165) is 26.1 Å². The molecule has 2 atom stereocenters. The van der Waals surface area contributed by atoms with E-state index >= 15 is 0 Å². The molecule has 1 aromatic rings. The van der Waals surface area contributed by atoms with Gasteiger partial charge in [-0.1, -0.05) is 0 Å². The van der Waals surface area contributed by atoms with E-state index in [4.69, 9.17) is 4.74 Å². The Labute approximate surface area is 150 Å². The van der Waals surface area contributed by atoms with Crippen LogP contribution in [0.3, 0.4) is 0 Å². The minimum absolute atomic E-state index is 0.109. The molecule has 0 aromatic carbocycles. The first-order valence-electron chi connectivity index (χ1n) is 9.77. The molecule has 4 rings (SSSR count). The molecule has 25 heavy (non-hydrogen) atoms. The number of rotatable bonds is 5. The number of fused-ring (bicyclic) bond motifs is 2. The Morgan fingerprint density at radius 2 is 2.00 bits per heavy atom. The molecule has 1 amide bonds. The smallest absolute Gasteiger partial charge is 0.255 e. The summed E-state index contributed by atoms with van der Waals surface area (Å²) < 4.78 is 5.67. The third-order valence-electron chi connectivity index (χ3n) is 5.87. The van der Waals surface area contributed by atoms with E-state index in [-0.39, 0.29) is 5.91 Å². The molecule has 0 N–H and O–H groups in total. The second kappa shape index (κ2) is 6.94. The molecule has 2 bridgehead atoms. The van der Waals surface area contributed by atoms with Crippen LogP contribution >= 0.6 is 0 Å². The summed E-state index contributed by atoms with van der Waals surface area (Å²) in [6, 6.07) is 5.39. The number of carbonyl (C=O) groups excluding carboxylic acids is 1. The van der Waals surface area contributed by atoms with Crippen molar-refractivity contribution in [1.29, 1.82) is 0 Å². The topological polar surface area (TPSA) is 45.7 Å². The Bertz CT molecular complexity index is 612. The van der Waals surface area contributed by atoms with E-state index in [2.05, 4.69) is 23.7 Å². The molecule has 3 fully saturated rings. The molecule has 3 aliphatic rings. The van der Waals surface area contributed by atoms with Crippen LogP contribution in [-0.2, 0) is 0 Å². The van der Waals surface area contributed by atoms with Crippen LogP contribution in [0.1, 0.15) is 56.3 Å². The first kappa shape index (κ1) is 16.8. The summed E-state index contributed by atoms with van der Waals surface area (Å²) in [6.07, 6.45) is 7.77. The minimum atomic E-state index is 0.109. The van der Waals surface area contributed by atoms with Crippen molar-refractivity contribution in [2.24, 2.45) is 5.92 Å². The number of amides is 1. The average Bonchev–Trinajstić information content (AvgIpc) is 3.36. The molecule has 5 nitrogen and oxygen atoms in total. The molecule has 2 saturated heterocycles. The second-order valence-corrected chi connectivity index (χ2v) is 8.11. The summed E-state index contributed by atoms with van der Waals surface area (Å²) >= 11 is 0. The van der Waals surface area contributed by atoms with Gasteiger partial charge in [-0.3, -0.25) is 9.69 Å². The molecular weight excluding hydrogens is 314 g/mol. The van der Waals surface area contributed by atoms with E-state index in [0.29, 0.717) is 35.5 Å². The van der Waals surface area contributed by atoms with Crippen LogP contribution in [0.15, 0.2) is 18.3 Å². The zero-order chi connectivity index (χ0) is 17.4. The summed E-state index contributed by atoms with van der Waals surface area (Å²) in [5, 5.41) is 0. The van der Waals surface area contributed by atoms with Crippen LogP contribution in [-0.4, -0.2) is 58.5 Å². The molecule has 3 heterocycles. The van der Waals surface area contributed by atoms with Gasteiger partial charge in [0.15, 0.2) is 0 Å². The molecule has 2 unspecified atom stereocenters. The summed E-state index contributed by atoms with van der Waals surface area (Å²) in [5.41, 5.74) is 0.674. The highest BCUT2D eigenvalue weighted by atomic mass is 16.5. The van der Waals surface area contributed by atoms with Crippen LogP contribution < -0.4 is 4.74 Å². The van der Waals surface area contributed by atoms with Crippen LogP contribution in [0.2, 0.25) is 0 Å². The zero-order valence-electron chi connectivity index (χ0n) is 15.4. The van der Waals surface area contributed by atoms with Gasteiger partial charge in [-0.05, 0) is 57.9 Å². The lowest BCUT2D eigenvalue weighted by atomic mass is 10.1. The highest BCUT2D eigenvalue weighted by Gasteiger charge is 2.39. The standard InChI is InChI=1S/C20H29N3O2/c1-14(2)23-17-6-7-18(23)12-22(10-9-17)20(24)16-5-8-19(21-11-16)25-13-15-3-4-15/h5,8,11,14-15,17-18H,3-4,6-7,9-10,12-13H2,1-2H3. The maximum Gasteiger partial charge on any atom is 0.255 e. The minimum Gasteiger partial charge on any atom is -0.477 e. The summed E-state index contributed by atoms with van der Waals surface area (Å²) in [7, 11) is 0. The lowest BCUT2D eigenvalue weighted by Crippen LogP contribution is -2.44. The summed E-state index contributed by atoms with van der Waals surface area (Å²) in [6.45, 7) is 6.98. The Morgan fingerprint density at radius 1 is 1.20 bits per heavy atom. The van der Waals surface area contributed by atoms with Gasteiger partial charge in [0, 0.05) is 43.5 Å². The van der Waals surface area contributed by atoms with E-state index in [1.54, 1.807) is 6.20 Å². The second-order valence-electron chi connectivity index (χ2n) is 8.11. The first-order valence-corrected chi connectivity index (χ1v) is 9.77. The van der Waals surface area contributed by atoms with Crippen LogP contribution in [0.4, 0.5) is 0 Å². The lowest BCUT2D eigenvalue weighted by molar-refractivity contribution is 0.0728. The van der Waals surface area contributed by atoms with Gasteiger partial charge in [0.2, 0.25) is 5.88 Å². The largest absolute Gasteiger partial charge is 0.477 e. The molecular formula is C20H29N3O2. The number of hydrogen-bond donors (Lipinski definition) is 0. The van der Waals surface area contributed by atoms with Crippen LogP contribution in [0, 0.1) is 5.92 Å². The highest BCUT2D eigenvalue weighted by Crippen LogP contribution is 2.32. The molecule has 0 radical (unpaired) electrons. The van der Waals surface area contributed by atoms with Gasteiger partial charge in [0.1, 0.15) is 0 Å². The van der Waals surface area contributed by atoms with E-state index in [1.165, 1.54) is 25.7 Å².